The summed E-state index contributed by atoms with van der Waals surface area (Å²) in [4.78, 5) is 20.6. The molecule has 3 aromatic carbocycles. The van der Waals surface area contributed by atoms with Gasteiger partial charge in [-0.1, -0.05) is 54.6 Å². The Bertz CT molecular complexity index is 1160. The Labute approximate surface area is 161 Å². The Kier molecular flexibility index (Phi) is 4.60. The van der Waals surface area contributed by atoms with Crippen LogP contribution in [0.2, 0.25) is 0 Å². The number of carboxylic acids is 1. The molecule has 0 radical (unpaired) electrons. The Hall–Kier alpha value is -3.93. The zero-order valence-corrected chi connectivity index (χ0v) is 15.0. The average Bonchev–Trinajstić information content (AvgIpc) is 2.73. The monoisotopic (exact) mass is 372 g/mol. The number of nitrogens with zero attached hydrogens (tertiary/aromatic N) is 2. The molecule has 0 saturated heterocycles. The number of carboxylic acid groups (broad SMARTS) is 1. The van der Waals surface area contributed by atoms with E-state index in [2.05, 4.69) is 9.97 Å². The first-order valence-electron chi connectivity index (χ1n) is 8.57. The lowest BCUT2D eigenvalue weighted by molar-refractivity contribution is 0.0695. The van der Waals surface area contributed by atoms with E-state index in [0.29, 0.717) is 17.0 Å². The molecule has 1 aromatic heterocycles. The van der Waals surface area contributed by atoms with Gasteiger partial charge in [-0.05, 0) is 29.3 Å². The number of rotatable bonds is 5. The minimum absolute atomic E-state index is 0.0169. The molecule has 4 aromatic rings. The number of hydrogen-bond donors (Lipinski definition) is 1. The third-order valence-corrected chi connectivity index (χ3v) is 4.27. The molecular formula is C22H16N2O4. The fourth-order valence-electron chi connectivity index (χ4n) is 3.02. The van der Waals surface area contributed by atoms with Crippen LogP contribution < -0.4 is 9.47 Å². The molecule has 28 heavy (non-hydrogen) atoms. The van der Waals surface area contributed by atoms with Crippen molar-refractivity contribution in [3.05, 3.63) is 78.4 Å². The van der Waals surface area contributed by atoms with Crippen molar-refractivity contribution in [1.82, 2.24) is 9.97 Å². The predicted octanol–water partition coefficient (Wildman–Crippen LogP) is 4.80. The van der Waals surface area contributed by atoms with E-state index in [9.17, 15) is 9.90 Å². The number of aromatic carboxylic acids is 1. The van der Waals surface area contributed by atoms with Gasteiger partial charge in [-0.15, -0.1) is 0 Å². The largest absolute Gasteiger partial charge is 0.480 e. The number of benzene rings is 3. The molecule has 1 heterocycles. The average molecular weight is 372 g/mol. The first-order chi connectivity index (χ1) is 13.7. The zero-order valence-electron chi connectivity index (χ0n) is 15.0. The van der Waals surface area contributed by atoms with Gasteiger partial charge in [0.25, 0.3) is 0 Å². The van der Waals surface area contributed by atoms with Crippen LogP contribution in [0.1, 0.15) is 10.4 Å². The molecule has 6 heteroatoms. The smallest absolute Gasteiger partial charge is 0.340 e. The third kappa shape index (κ3) is 3.23. The van der Waals surface area contributed by atoms with Gasteiger partial charge in [0, 0.05) is 0 Å². The van der Waals surface area contributed by atoms with E-state index in [-0.39, 0.29) is 17.3 Å². The highest BCUT2D eigenvalue weighted by Gasteiger charge is 2.20. The van der Waals surface area contributed by atoms with Crippen molar-refractivity contribution in [3.63, 3.8) is 0 Å². The highest BCUT2D eigenvalue weighted by Crippen LogP contribution is 2.34. The number of ether oxygens (including phenoxy) is 2. The van der Waals surface area contributed by atoms with Crippen LogP contribution in [0.5, 0.6) is 17.6 Å². The molecular weight excluding hydrogens is 356 g/mol. The van der Waals surface area contributed by atoms with E-state index in [1.54, 1.807) is 18.2 Å². The van der Waals surface area contributed by atoms with Gasteiger partial charge >= 0.3 is 12.0 Å². The zero-order chi connectivity index (χ0) is 19.5. The Morgan fingerprint density at radius 1 is 0.893 bits per heavy atom. The van der Waals surface area contributed by atoms with Gasteiger partial charge in [0.15, 0.2) is 0 Å². The van der Waals surface area contributed by atoms with Crippen molar-refractivity contribution in [1.29, 1.82) is 0 Å². The van der Waals surface area contributed by atoms with Crippen LogP contribution in [0.4, 0.5) is 0 Å². The van der Waals surface area contributed by atoms with E-state index >= 15 is 0 Å². The molecule has 4 rings (SSSR count). The van der Waals surface area contributed by atoms with Gasteiger partial charge in [-0.3, -0.25) is 0 Å². The molecule has 6 nitrogen and oxygen atoms in total. The molecule has 0 saturated carbocycles. The van der Waals surface area contributed by atoms with Crippen molar-refractivity contribution >= 4 is 16.9 Å². The molecule has 0 spiro atoms. The minimum atomic E-state index is -1.10. The third-order valence-electron chi connectivity index (χ3n) is 4.27. The van der Waals surface area contributed by atoms with Crippen LogP contribution in [-0.4, -0.2) is 28.2 Å². The van der Waals surface area contributed by atoms with Gasteiger partial charge < -0.3 is 14.6 Å². The van der Waals surface area contributed by atoms with Gasteiger partial charge in [0.05, 0.1) is 18.0 Å². The lowest BCUT2D eigenvalue weighted by Crippen LogP contribution is -2.04. The van der Waals surface area contributed by atoms with Crippen LogP contribution in [-0.2, 0) is 0 Å². The maximum atomic E-state index is 12.0. The first-order valence-corrected chi connectivity index (χ1v) is 8.57. The molecule has 1 N–H and O–H groups in total. The van der Waals surface area contributed by atoms with Gasteiger partial charge in [-0.25, -0.2) is 4.79 Å². The van der Waals surface area contributed by atoms with Crippen molar-refractivity contribution in [2.45, 2.75) is 0 Å². The maximum absolute atomic E-state index is 12.0. The molecule has 0 atom stereocenters. The Morgan fingerprint density at radius 2 is 1.64 bits per heavy atom. The summed E-state index contributed by atoms with van der Waals surface area (Å²) in [6, 6.07) is 21.7. The fraction of sp³-hybridized carbons (Fsp3) is 0.0455. The molecule has 0 amide bonds. The van der Waals surface area contributed by atoms with Crippen molar-refractivity contribution in [2.24, 2.45) is 0 Å². The lowest BCUT2D eigenvalue weighted by atomic mass is 9.99. The molecule has 0 aliphatic carbocycles. The van der Waals surface area contributed by atoms with Crippen LogP contribution in [0.25, 0.3) is 22.0 Å². The van der Waals surface area contributed by atoms with Crippen molar-refractivity contribution < 1.29 is 19.4 Å². The standard InChI is InChI=1S/C22H16N2O4/c1-27-20-16-10-5-6-12-17(16)23-22(24-20)28-18-13-7-11-15(19(18)21(25)26)14-8-3-2-4-9-14/h2-13H,1H3,(H,25,26). The molecule has 0 aliphatic heterocycles. The number of methoxy groups -OCH3 is 1. The Morgan fingerprint density at radius 3 is 2.39 bits per heavy atom. The summed E-state index contributed by atoms with van der Waals surface area (Å²) in [6.45, 7) is 0. The summed E-state index contributed by atoms with van der Waals surface area (Å²) < 4.78 is 11.1. The highest BCUT2D eigenvalue weighted by atomic mass is 16.5. The second-order valence-corrected chi connectivity index (χ2v) is 5.98. The number of aromatic nitrogens is 2. The molecule has 138 valence electrons. The quantitative estimate of drug-likeness (QED) is 0.542. The van der Waals surface area contributed by atoms with E-state index in [1.807, 2.05) is 54.6 Å². The Balaban J connectivity index is 1.83. The van der Waals surface area contributed by atoms with Crippen molar-refractivity contribution in [3.8, 4) is 28.8 Å². The summed E-state index contributed by atoms with van der Waals surface area (Å²) in [5.41, 5.74) is 2.02. The predicted molar refractivity (Wildman–Crippen MR) is 105 cm³/mol. The van der Waals surface area contributed by atoms with E-state index in [1.165, 1.54) is 7.11 Å². The summed E-state index contributed by atoms with van der Waals surface area (Å²) >= 11 is 0. The highest BCUT2D eigenvalue weighted by molar-refractivity contribution is 5.99. The topological polar surface area (TPSA) is 81.5 Å². The van der Waals surface area contributed by atoms with Gasteiger partial charge in [0.2, 0.25) is 5.88 Å². The van der Waals surface area contributed by atoms with Gasteiger partial charge in [-0.2, -0.15) is 9.97 Å². The second kappa shape index (κ2) is 7.36. The van der Waals surface area contributed by atoms with Crippen LogP contribution in [0, 0.1) is 0 Å². The molecule has 0 unspecified atom stereocenters. The molecule has 0 fully saturated rings. The molecule has 0 aliphatic rings. The maximum Gasteiger partial charge on any atom is 0.340 e. The normalized spacial score (nSPS) is 10.6. The second-order valence-electron chi connectivity index (χ2n) is 5.98. The SMILES string of the molecule is COc1nc(Oc2cccc(-c3ccccc3)c2C(=O)O)nc2ccccc12. The van der Waals surface area contributed by atoms with Gasteiger partial charge in [0.1, 0.15) is 11.3 Å². The molecule has 0 bridgehead atoms. The van der Waals surface area contributed by atoms with Crippen LogP contribution >= 0.6 is 0 Å². The first kappa shape index (κ1) is 17.5. The van der Waals surface area contributed by atoms with Crippen molar-refractivity contribution in [2.75, 3.05) is 7.11 Å². The van der Waals surface area contributed by atoms with E-state index < -0.39 is 5.97 Å². The summed E-state index contributed by atoms with van der Waals surface area (Å²) in [6.07, 6.45) is 0. The number of hydrogen-bond acceptors (Lipinski definition) is 5. The number of para-hydroxylation sites is 1. The number of carbonyl (C=O) groups is 1. The summed E-state index contributed by atoms with van der Waals surface area (Å²) in [5.74, 6) is -0.579. The lowest BCUT2D eigenvalue weighted by Gasteiger charge is -2.13. The van der Waals surface area contributed by atoms with Crippen LogP contribution in [0.15, 0.2) is 72.8 Å². The summed E-state index contributed by atoms with van der Waals surface area (Å²) in [7, 11) is 1.51. The van der Waals surface area contributed by atoms with E-state index in [0.717, 1.165) is 10.9 Å². The van der Waals surface area contributed by atoms with Crippen LogP contribution in [0.3, 0.4) is 0 Å². The minimum Gasteiger partial charge on any atom is -0.480 e. The fourth-order valence-corrected chi connectivity index (χ4v) is 3.02. The number of fused-ring (bicyclic) bond motifs is 1. The summed E-state index contributed by atoms with van der Waals surface area (Å²) in [5, 5.41) is 10.6. The van der Waals surface area contributed by atoms with E-state index in [4.69, 9.17) is 9.47 Å².